The smallest absolute Gasteiger partial charge is 0.241 e. The molecule has 1 saturated heterocycles. The molecule has 1 aliphatic heterocycles. The summed E-state index contributed by atoms with van der Waals surface area (Å²) in [6.45, 7) is 8.78. The van der Waals surface area contributed by atoms with Gasteiger partial charge in [-0.1, -0.05) is 31.5 Å². The van der Waals surface area contributed by atoms with Crippen molar-refractivity contribution in [2.45, 2.75) is 38.1 Å². The molecule has 1 fully saturated rings. The van der Waals surface area contributed by atoms with Crippen LogP contribution < -0.4 is 4.72 Å². The average Bonchev–Trinajstić information content (AvgIpc) is 2.54. The number of aryl methyl sites for hydroxylation is 1. The highest BCUT2D eigenvalue weighted by molar-refractivity contribution is 7.89. The van der Waals surface area contributed by atoms with Gasteiger partial charge in [0.25, 0.3) is 0 Å². The van der Waals surface area contributed by atoms with Gasteiger partial charge in [-0.2, -0.15) is 4.72 Å². The SMILES string of the molecule is Cc1ccc(S(=O)(=O)NC(CC(C)C)C(=O)N2CCN(C)CC2)cc1. The number of sulfonamides is 1. The van der Waals surface area contributed by atoms with Crippen LogP contribution >= 0.6 is 0 Å². The lowest BCUT2D eigenvalue weighted by Gasteiger charge is -2.35. The second kappa shape index (κ2) is 8.29. The maximum absolute atomic E-state index is 12.9. The van der Waals surface area contributed by atoms with Crippen molar-refractivity contribution < 1.29 is 13.2 Å². The number of nitrogens with one attached hydrogen (secondary N) is 1. The first-order valence-electron chi connectivity index (χ1n) is 8.75. The molecule has 1 atom stereocenters. The van der Waals surface area contributed by atoms with E-state index in [1.54, 1.807) is 29.2 Å². The van der Waals surface area contributed by atoms with Gasteiger partial charge in [0.05, 0.1) is 4.90 Å². The lowest BCUT2D eigenvalue weighted by Crippen LogP contribution is -2.54. The first kappa shape index (κ1) is 19.9. The van der Waals surface area contributed by atoms with Crippen LogP contribution in [0.3, 0.4) is 0 Å². The van der Waals surface area contributed by atoms with E-state index < -0.39 is 16.1 Å². The van der Waals surface area contributed by atoms with Crippen molar-refractivity contribution in [2.75, 3.05) is 33.2 Å². The Morgan fingerprint density at radius 2 is 1.68 bits per heavy atom. The van der Waals surface area contributed by atoms with Crippen LogP contribution in [0.4, 0.5) is 0 Å². The molecule has 1 heterocycles. The van der Waals surface area contributed by atoms with Crippen LogP contribution in [0.15, 0.2) is 29.2 Å². The fourth-order valence-corrected chi connectivity index (χ4v) is 4.09. The quantitative estimate of drug-likeness (QED) is 0.826. The van der Waals surface area contributed by atoms with E-state index in [1.165, 1.54) is 0 Å². The maximum atomic E-state index is 12.9. The van der Waals surface area contributed by atoms with E-state index >= 15 is 0 Å². The zero-order valence-electron chi connectivity index (χ0n) is 15.5. The lowest BCUT2D eigenvalue weighted by molar-refractivity contribution is -0.135. The minimum Gasteiger partial charge on any atom is -0.339 e. The summed E-state index contributed by atoms with van der Waals surface area (Å²) in [6, 6.07) is 5.94. The second-order valence-corrected chi connectivity index (χ2v) is 8.96. The number of carbonyl (C=O) groups is 1. The number of piperazine rings is 1. The van der Waals surface area contributed by atoms with Gasteiger partial charge in [-0.25, -0.2) is 8.42 Å². The van der Waals surface area contributed by atoms with Gasteiger partial charge in [-0.15, -0.1) is 0 Å². The van der Waals surface area contributed by atoms with Crippen LogP contribution in [-0.2, 0) is 14.8 Å². The molecule has 1 aromatic rings. The molecule has 0 spiro atoms. The summed E-state index contributed by atoms with van der Waals surface area (Å²) in [7, 11) is -1.70. The summed E-state index contributed by atoms with van der Waals surface area (Å²) >= 11 is 0. The molecule has 0 aromatic heterocycles. The minimum absolute atomic E-state index is 0.127. The van der Waals surface area contributed by atoms with Gasteiger partial charge in [0, 0.05) is 26.2 Å². The Morgan fingerprint density at radius 3 is 2.20 bits per heavy atom. The van der Waals surface area contributed by atoms with Crippen LogP contribution in [0.5, 0.6) is 0 Å². The molecule has 2 rings (SSSR count). The second-order valence-electron chi connectivity index (χ2n) is 7.25. The highest BCUT2D eigenvalue weighted by Gasteiger charge is 2.31. The van der Waals surface area contributed by atoms with E-state index in [0.717, 1.165) is 18.7 Å². The van der Waals surface area contributed by atoms with Crippen molar-refractivity contribution >= 4 is 15.9 Å². The summed E-state index contributed by atoms with van der Waals surface area (Å²) in [5, 5.41) is 0. The Labute approximate surface area is 151 Å². The van der Waals surface area contributed by atoms with Gasteiger partial charge >= 0.3 is 0 Å². The van der Waals surface area contributed by atoms with E-state index in [4.69, 9.17) is 0 Å². The van der Waals surface area contributed by atoms with Crippen molar-refractivity contribution in [2.24, 2.45) is 5.92 Å². The standard InChI is InChI=1S/C18H29N3O3S/c1-14(2)13-17(18(22)21-11-9-20(4)10-12-21)19-25(23,24)16-7-5-15(3)6-8-16/h5-8,14,17,19H,9-13H2,1-4H3. The largest absolute Gasteiger partial charge is 0.339 e. The Hall–Kier alpha value is -1.44. The zero-order valence-corrected chi connectivity index (χ0v) is 16.3. The van der Waals surface area contributed by atoms with Gasteiger partial charge in [0.15, 0.2) is 0 Å². The number of hydrogen-bond donors (Lipinski definition) is 1. The van der Waals surface area contributed by atoms with E-state index in [1.807, 2.05) is 27.8 Å². The van der Waals surface area contributed by atoms with Crippen LogP contribution in [-0.4, -0.2) is 63.4 Å². The molecule has 25 heavy (non-hydrogen) atoms. The van der Waals surface area contributed by atoms with Gasteiger partial charge in [0.1, 0.15) is 6.04 Å². The summed E-state index contributed by atoms with van der Waals surface area (Å²) in [5.74, 6) is 0.0830. The van der Waals surface area contributed by atoms with Crippen LogP contribution in [0.25, 0.3) is 0 Å². The zero-order chi connectivity index (χ0) is 18.6. The molecule has 1 aliphatic rings. The Balaban J connectivity index is 2.16. The van der Waals surface area contributed by atoms with E-state index in [0.29, 0.717) is 19.5 Å². The molecule has 0 bridgehead atoms. The van der Waals surface area contributed by atoms with Crippen molar-refractivity contribution in [3.8, 4) is 0 Å². The molecule has 140 valence electrons. The van der Waals surface area contributed by atoms with Crippen LogP contribution in [0.1, 0.15) is 25.8 Å². The third-order valence-corrected chi connectivity index (χ3v) is 5.94. The summed E-state index contributed by atoms with van der Waals surface area (Å²) < 4.78 is 28.0. The van der Waals surface area contributed by atoms with E-state index in [-0.39, 0.29) is 16.7 Å². The Kier molecular flexibility index (Phi) is 6.59. The molecular formula is C18H29N3O3S. The number of carbonyl (C=O) groups excluding carboxylic acids is 1. The van der Waals surface area contributed by atoms with Gasteiger partial charge in [-0.3, -0.25) is 4.79 Å². The molecule has 7 heteroatoms. The van der Waals surface area contributed by atoms with Crippen molar-refractivity contribution in [3.05, 3.63) is 29.8 Å². The van der Waals surface area contributed by atoms with Crippen molar-refractivity contribution in [3.63, 3.8) is 0 Å². The number of likely N-dealkylation sites (N-methyl/N-ethyl adjacent to an activating group) is 1. The monoisotopic (exact) mass is 367 g/mol. The minimum atomic E-state index is -3.72. The molecule has 1 N–H and O–H groups in total. The molecule has 0 saturated carbocycles. The fourth-order valence-electron chi connectivity index (χ4n) is 2.89. The highest BCUT2D eigenvalue weighted by Crippen LogP contribution is 2.15. The first-order valence-corrected chi connectivity index (χ1v) is 10.2. The van der Waals surface area contributed by atoms with Gasteiger partial charge in [0.2, 0.25) is 15.9 Å². The van der Waals surface area contributed by atoms with Gasteiger partial charge < -0.3 is 9.80 Å². The number of rotatable bonds is 6. The van der Waals surface area contributed by atoms with Crippen molar-refractivity contribution in [1.82, 2.24) is 14.5 Å². The third-order valence-electron chi connectivity index (χ3n) is 4.45. The average molecular weight is 368 g/mol. The Morgan fingerprint density at radius 1 is 1.12 bits per heavy atom. The molecule has 1 amide bonds. The van der Waals surface area contributed by atoms with Crippen molar-refractivity contribution in [1.29, 1.82) is 0 Å². The van der Waals surface area contributed by atoms with Crippen LogP contribution in [0, 0.1) is 12.8 Å². The molecule has 1 aromatic carbocycles. The fraction of sp³-hybridized carbons (Fsp3) is 0.611. The number of benzene rings is 1. The molecule has 0 radical (unpaired) electrons. The predicted octanol–water partition coefficient (Wildman–Crippen LogP) is 1.46. The maximum Gasteiger partial charge on any atom is 0.241 e. The summed E-state index contributed by atoms with van der Waals surface area (Å²) in [5.41, 5.74) is 0.992. The third kappa shape index (κ3) is 5.52. The summed E-state index contributed by atoms with van der Waals surface area (Å²) in [4.78, 5) is 17.0. The summed E-state index contributed by atoms with van der Waals surface area (Å²) in [6.07, 6.45) is 0.482. The molecule has 1 unspecified atom stereocenters. The number of nitrogens with zero attached hydrogens (tertiary/aromatic N) is 2. The highest BCUT2D eigenvalue weighted by atomic mass is 32.2. The first-order chi connectivity index (χ1) is 11.7. The van der Waals surface area contributed by atoms with Crippen LogP contribution in [0.2, 0.25) is 0 Å². The molecule has 6 nitrogen and oxygen atoms in total. The van der Waals surface area contributed by atoms with E-state index in [2.05, 4.69) is 9.62 Å². The van der Waals surface area contributed by atoms with Gasteiger partial charge in [-0.05, 0) is 38.4 Å². The Bertz CT molecular complexity index is 678. The number of hydrogen-bond acceptors (Lipinski definition) is 4. The molecular weight excluding hydrogens is 338 g/mol. The number of amides is 1. The lowest BCUT2D eigenvalue weighted by atomic mass is 10.0. The molecule has 0 aliphatic carbocycles. The van der Waals surface area contributed by atoms with E-state index in [9.17, 15) is 13.2 Å². The predicted molar refractivity (Wildman–Crippen MR) is 98.8 cm³/mol. The topological polar surface area (TPSA) is 69.7 Å². The normalized spacial score (nSPS) is 17.7.